The Morgan fingerprint density at radius 3 is 2.79 bits per heavy atom. The lowest BCUT2D eigenvalue weighted by Crippen LogP contribution is -2.25. The SMILES string of the molecule is CCNS(=O)(=O)c1ccnn1-c1ccc(F)cc1Cl. The van der Waals surface area contributed by atoms with E-state index in [2.05, 4.69) is 9.82 Å². The zero-order valence-electron chi connectivity index (χ0n) is 9.97. The average molecular weight is 304 g/mol. The van der Waals surface area contributed by atoms with E-state index in [1.54, 1.807) is 6.92 Å². The van der Waals surface area contributed by atoms with Crippen molar-refractivity contribution in [3.05, 3.63) is 41.3 Å². The van der Waals surface area contributed by atoms with Crippen LogP contribution >= 0.6 is 11.6 Å². The number of hydrogen-bond acceptors (Lipinski definition) is 3. The maximum absolute atomic E-state index is 13.0. The minimum absolute atomic E-state index is 0.0529. The fourth-order valence-electron chi connectivity index (χ4n) is 1.59. The van der Waals surface area contributed by atoms with E-state index < -0.39 is 15.8 Å². The first-order valence-electron chi connectivity index (χ1n) is 5.45. The van der Waals surface area contributed by atoms with Crippen molar-refractivity contribution in [3.63, 3.8) is 0 Å². The van der Waals surface area contributed by atoms with Crippen molar-refractivity contribution in [1.82, 2.24) is 14.5 Å². The van der Waals surface area contributed by atoms with Crippen LogP contribution in [-0.2, 0) is 10.0 Å². The Labute approximate surface area is 115 Å². The second-order valence-electron chi connectivity index (χ2n) is 3.68. The molecule has 8 heteroatoms. The molecule has 5 nitrogen and oxygen atoms in total. The van der Waals surface area contributed by atoms with Gasteiger partial charge in [-0.3, -0.25) is 0 Å². The summed E-state index contributed by atoms with van der Waals surface area (Å²) in [4.78, 5) is 0. The molecule has 0 spiro atoms. The van der Waals surface area contributed by atoms with Crippen molar-refractivity contribution < 1.29 is 12.8 Å². The normalized spacial score (nSPS) is 11.7. The number of nitrogens with zero attached hydrogens (tertiary/aromatic N) is 2. The standard InChI is InChI=1S/C11H11ClFN3O2S/c1-2-15-19(17,18)11-5-6-14-16(11)10-4-3-8(13)7-9(10)12/h3-7,15H,2H2,1H3. The molecule has 0 aliphatic rings. The zero-order valence-corrected chi connectivity index (χ0v) is 11.5. The molecule has 0 radical (unpaired) electrons. The number of sulfonamides is 1. The Hall–Kier alpha value is -1.44. The second kappa shape index (κ2) is 5.28. The number of nitrogens with one attached hydrogen (secondary N) is 1. The largest absolute Gasteiger partial charge is 0.258 e. The lowest BCUT2D eigenvalue weighted by atomic mass is 10.3. The van der Waals surface area contributed by atoms with Crippen molar-refractivity contribution in [2.24, 2.45) is 0 Å². The lowest BCUT2D eigenvalue weighted by Gasteiger charge is -2.10. The molecule has 0 saturated heterocycles. The summed E-state index contributed by atoms with van der Waals surface area (Å²) >= 11 is 5.90. The quantitative estimate of drug-likeness (QED) is 0.939. The highest BCUT2D eigenvalue weighted by Gasteiger charge is 2.20. The summed E-state index contributed by atoms with van der Waals surface area (Å²) in [6.45, 7) is 1.92. The molecule has 0 aliphatic heterocycles. The molecule has 102 valence electrons. The summed E-state index contributed by atoms with van der Waals surface area (Å²) < 4.78 is 40.5. The van der Waals surface area contributed by atoms with Crippen molar-refractivity contribution in [2.75, 3.05) is 6.54 Å². The van der Waals surface area contributed by atoms with E-state index in [1.165, 1.54) is 24.4 Å². The van der Waals surface area contributed by atoms with Gasteiger partial charge in [0.15, 0.2) is 5.03 Å². The van der Waals surface area contributed by atoms with Crippen LogP contribution in [0.3, 0.4) is 0 Å². The fourth-order valence-corrected chi connectivity index (χ4v) is 2.98. The number of hydrogen-bond donors (Lipinski definition) is 1. The predicted molar refractivity (Wildman–Crippen MR) is 69.4 cm³/mol. The number of aromatic nitrogens is 2. The van der Waals surface area contributed by atoms with Gasteiger partial charge in [0.2, 0.25) is 0 Å². The third-order valence-electron chi connectivity index (χ3n) is 2.36. The summed E-state index contributed by atoms with van der Waals surface area (Å²) in [6, 6.07) is 5.00. The minimum atomic E-state index is -3.67. The monoisotopic (exact) mass is 303 g/mol. The molecule has 1 aromatic heterocycles. The van der Waals surface area contributed by atoms with E-state index in [0.29, 0.717) is 5.69 Å². The number of benzene rings is 1. The summed E-state index contributed by atoms with van der Waals surface area (Å²) in [5.41, 5.74) is 0.296. The molecule has 1 N–H and O–H groups in total. The highest BCUT2D eigenvalue weighted by Crippen LogP contribution is 2.23. The first kappa shape index (κ1) is 14.0. The van der Waals surface area contributed by atoms with Gasteiger partial charge in [-0.05, 0) is 24.3 Å². The van der Waals surface area contributed by atoms with Crippen LogP contribution in [0.4, 0.5) is 4.39 Å². The molecule has 19 heavy (non-hydrogen) atoms. The maximum atomic E-state index is 13.0. The second-order valence-corrected chi connectivity index (χ2v) is 5.80. The molecule has 0 saturated carbocycles. The van der Waals surface area contributed by atoms with E-state index in [1.807, 2.05) is 0 Å². The molecule has 0 atom stereocenters. The zero-order chi connectivity index (χ0) is 14.0. The van der Waals surface area contributed by atoms with E-state index in [0.717, 1.165) is 10.7 Å². The molecule has 1 heterocycles. The van der Waals surface area contributed by atoms with Crippen molar-refractivity contribution in [1.29, 1.82) is 0 Å². The smallest absolute Gasteiger partial charge is 0.219 e. The first-order chi connectivity index (χ1) is 8.95. The fraction of sp³-hybridized carbons (Fsp3) is 0.182. The summed E-state index contributed by atoms with van der Waals surface area (Å²) in [7, 11) is -3.67. The van der Waals surface area contributed by atoms with Gasteiger partial charge in [0.05, 0.1) is 16.9 Å². The van der Waals surface area contributed by atoms with Crippen LogP contribution in [0.2, 0.25) is 5.02 Å². The van der Waals surface area contributed by atoms with Gasteiger partial charge in [0.1, 0.15) is 5.82 Å². The molecule has 0 unspecified atom stereocenters. The van der Waals surface area contributed by atoms with Gasteiger partial charge >= 0.3 is 0 Å². The van der Waals surface area contributed by atoms with Crippen LogP contribution in [0, 0.1) is 5.82 Å². The van der Waals surface area contributed by atoms with E-state index in [-0.39, 0.29) is 16.6 Å². The van der Waals surface area contributed by atoms with Crippen LogP contribution in [0.25, 0.3) is 5.69 Å². The van der Waals surface area contributed by atoms with Gasteiger partial charge in [0.25, 0.3) is 10.0 Å². The van der Waals surface area contributed by atoms with Crippen molar-refractivity contribution in [3.8, 4) is 5.69 Å². The Morgan fingerprint density at radius 1 is 1.42 bits per heavy atom. The van der Waals surface area contributed by atoms with E-state index in [9.17, 15) is 12.8 Å². The van der Waals surface area contributed by atoms with Gasteiger partial charge in [-0.1, -0.05) is 18.5 Å². The highest BCUT2D eigenvalue weighted by atomic mass is 35.5. The van der Waals surface area contributed by atoms with Crippen LogP contribution < -0.4 is 4.72 Å². The molecule has 2 rings (SSSR count). The third-order valence-corrected chi connectivity index (χ3v) is 4.19. The van der Waals surface area contributed by atoms with Crippen molar-refractivity contribution in [2.45, 2.75) is 11.9 Å². The van der Waals surface area contributed by atoms with Crippen LogP contribution in [0.5, 0.6) is 0 Å². The molecular weight excluding hydrogens is 293 g/mol. The summed E-state index contributed by atoms with van der Waals surface area (Å²) in [5.74, 6) is -0.503. The highest BCUT2D eigenvalue weighted by molar-refractivity contribution is 7.89. The topological polar surface area (TPSA) is 64.0 Å². The number of rotatable bonds is 4. The molecule has 2 aromatic rings. The summed E-state index contributed by atoms with van der Waals surface area (Å²) in [5, 5.41) is 3.94. The third kappa shape index (κ3) is 2.78. The van der Waals surface area contributed by atoms with Gasteiger partial charge in [-0.2, -0.15) is 5.10 Å². The number of halogens is 2. The van der Waals surface area contributed by atoms with Gasteiger partial charge < -0.3 is 0 Å². The molecule has 0 fully saturated rings. The molecular formula is C11H11ClFN3O2S. The Bertz CT molecular complexity index is 700. The van der Waals surface area contributed by atoms with Crippen LogP contribution in [0.1, 0.15) is 6.92 Å². The molecule has 0 aliphatic carbocycles. The predicted octanol–water partition coefficient (Wildman–Crippen LogP) is 1.96. The Morgan fingerprint density at radius 2 is 2.16 bits per heavy atom. The minimum Gasteiger partial charge on any atom is -0.219 e. The van der Waals surface area contributed by atoms with Crippen LogP contribution in [0.15, 0.2) is 35.5 Å². The Kier molecular flexibility index (Phi) is 3.88. The lowest BCUT2D eigenvalue weighted by molar-refractivity contribution is 0.573. The maximum Gasteiger partial charge on any atom is 0.258 e. The van der Waals surface area contributed by atoms with Gasteiger partial charge in [-0.25, -0.2) is 22.2 Å². The van der Waals surface area contributed by atoms with Crippen molar-refractivity contribution >= 4 is 21.6 Å². The average Bonchev–Trinajstić information content (AvgIpc) is 2.78. The van der Waals surface area contributed by atoms with Crippen LogP contribution in [-0.4, -0.2) is 24.7 Å². The molecule has 0 amide bonds. The van der Waals surface area contributed by atoms with E-state index >= 15 is 0 Å². The molecule has 1 aromatic carbocycles. The Balaban J connectivity index is 2.57. The first-order valence-corrected chi connectivity index (χ1v) is 7.31. The van der Waals surface area contributed by atoms with Gasteiger partial charge in [0, 0.05) is 6.54 Å². The van der Waals surface area contributed by atoms with E-state index in [4.69, 9.17) is 11.6 Å². The van der Waals surface area contributed by atoms with Gasteiger partial charge in [-0.15, -0.1) is 0 Å². The molecule has 0 bridgehead atoms. The summed E-state index contributed by atoms with van der Waals surface area (Å²) in [6.07, 6.45) is 1.34.